The number of H-pyrrole nitrogens is 1. The van der Waals surface area contributed by atoms with Crippen molar-refractivity contribution in [3.8, 4) is 5.88 Å². The highest BCUT2D eigenvalue weighted by atomic mass is 35.5. The molecule has 1 N–H and O–H groups in total. The molecule has 0 amide bonds. The maximum absolute atomic E-state index is 11.5. The molecule has 6 nitrogen and oxygen atoms in total. The molecular weight excluding hydrogens is 304 g/mol. The average Bonchev–Trinajstić information content (AvgIpc) is 2.57. The maximum atomic E-state index is 11.5. The predicted molar refractivity (Wildman–Crippen MR) is 84.5 cm³/mol. The molecule has 0 aliphatic carbocycles. The molecule has 0 spiro atoms. The Bertz CT molecular complexity index is 669. The first-order chi connectivity index (χ1) is 10.7. The van der Waals surface area contributed by atoms with E-state index in [2.05, 4.69) is 20.1 Å². The SMILES string of the molecule is O=c1[nH]ncc(N2CCC(COc3ccccn3)CC2)c1Cl. The number of hydrogen-bond acceptors (Lipinski definition) is 5. The number of rotatable bonds is 4. The number of nitrogens with zero attached hydrogens (tertiary/aromatic N) is 3. The first-order valence-corrected chi connectivity index (χ1v) is 7.64. The van der Waals surface area contributed by atoms with E-state index < -0.39 is 0 Å². The zero-order valence-corrected chi connectivity index (χ0v) is 12.8. The van der Waals surface area contributed by atoms with E-state index in [1.807, 2.05) is 18.2 Å². The largest absolute Gasteiger partial charge is 0.477 e. The van der Waals surface area contributed by atoms with Gasteiger partial charge >= 0.3 is 0 Å². The second-order valence-electron chi connectivity index (χ2n) is 5.31. The molecule has 0 saturated carbocycles. The van der Waals surface area contributed by atoms with E-state index in [0.717, 1.165) is 25.9 Å². The van der Waals surface area contributed by atoms with Crippen LogP contribution < -0.4 is 15.2 Å². The van der Waals surface area contributed by atoms with Crippen molar-refractivity contribution < 1.29 is 4.74 Å². The Morgan fingerprint density at radius 1 is 1.36 bits per heavy atom. The molecule has 22 heavy (non-hydrogen) atoms. The van der Waals surface area contributed by atoms with Gasteiger partial charge in [-0.25, -0.2) is 10.1 Å². The van der Waals surface area contributed by atoms with Gasteiger partial charge in [0.15, 0.2) is 0 Å². The third-order valence-electron chi connectivity index (χ3n) is 3.84. The first-order valence-electron chi connectivity index (χ1n) is 7.26. The molecule has 1 fully saturated rings. The summed E-state index contributed by atoms with van der Waals surface area (Å²) in [5, 5.41) is 6.36. The Labute approximate surface area is 133 Å². The highest BCUT2D eigenvalue weighted by molar-refractivity contribution is 6.32. The molecule has 0 radical (unpaired) electrons. The van der Waals surface area contributed by atoms with Crippen LogP contribution in [0.15, 0.2) is 35.4 Å². The van der Waals surface area contributed by atoms with E-state index in [1.54, 1.807) is 12.4 Å². The fourth-order valence-corrected chi connectivity index (χ4v) is 2.78. The molecule has 3 rings (SSSR count). The standard InChI is InChI=1S/C15H17ClN4O2/c16-14-12(9-18-19-15(14)21)20-7-4-11(5-8-20)10-22-13-3-1-2-6-17-13/h1-3,6,9,11H,4-5,7-8,10H2,(H,19,21). The summed E-state index contributed by atoms with van der Waals surface area (Å²) in [6, 6.07) is 5.63. The Balaban J connectivity index is 1.54. The first kappa shape index (κ1) is 14.8. The van der Waals surface area contributed by atoms with Gasteiger partial charge in [-0.15, -0.1) is 0 Å². The van der Waals surface area contributed by atoms with Crippen molar-refractivity contribution in [2.45, 2.75) is 12.8 Å². The summed E-state index contributed by atoms with van der Waals surface area (Å²) >= 11 is 6.05. The predicted octanol–water partition coefficient (Wildman–Crippen LogP) is 2.11. The summed E-state index contributed by atoms with van der Waals surface area (Å²) in [6.07, 6.45) is 5.29. The lowest BCUT2D eigenvalue weighted by Gasteiger charge is -2.33. The lowest BCUT2D eigenvalue weighted by Crippen LogP contribution is -2.36. The van der Waals surface area contributed by atoms with Crippen LogP contribution >= 0.6 is 11.6 Å². The number of pyridine rings is 1. The van der Waals surface area contributed by atoms with Gasteiger partial charge in [0.1, 0.15) is 5.02 Å². The molecule has 116 valence electrons. The Hall–Kier alpha value is -2.08. The van der Waals surface area contributed by atoms with Gasteiger partial charge in [0, 0.05) is 25.4 Å². The molecule has 2 aromatic heterocycles. The molecule has 7 heteroatoms. The van der Waals surface area contributed by atoms with Crippen LogP contribution in [0.25, 0.3) is 0 Å². The molecule has 1 aliphatic rings. The summed E-state index contributed by atoms with van der Waals surface area (Å²) < 4.78 is 5.71. The number of piperidine rings is 1. The quantitative estimate of drug-likeness (QED) is 0.934. The molecule has 0 atom stereocenters. The van der Waals surface area contributed by atoms with Gasteiger partial charge in [-0.3, -0.25) is 4.79 Å². The lowest BCUT2D eigenvalue weighted by atomic mass is 9.97. The number of hydrogen-bond donors (Lipinski definition) is 1. The van der Waals surface area contributed by atoms with Crippen molar-refractivity contribution in [3.63, 3.8) is 0 Å². The van der Waals surface area contributed by atoms with Gasteiger partial charge in [0.05, 0.1) is 18.5 Å². The average molecular weight is 321 g/mol. The van der Waals surface area contributed by atoms with Crippen LogP contribution in [-0.4, -0.2) is 34.9 Å². The molecule has 1 aliphatic heterocycles. The van der Waals surface area contributed by atoms with E-state index in [1.165, 1.54) is 0 Å². The van der Waals surface area contributed by atoms with Crippen LogP contribution in [0.1, 0.15) is 12.8 Å². The molecular formula is C15H17ClN4O2. The van der Waals surface area contributed by atoms with Gasteiger partial charge in [0.2, 0.25) is 5.88 Å². The van der Waals surface area contributed by atoms with E-state index in [-0.39, 0.29) is 10.6 Å². The van der Waals surface area contributed by atoms with Gasteiger partial charge in [0.25, 0.3) is 5.56 Å². The number of nitrogens with one attached hydrogen (secondary N) is 1. The van der Waals surface area contributed by atoms with Crippen LogP contribution in [0.4, 0.5) is 5.69 Å². The fraction of sp³-hybridized carbons (Fsp3) is 0.400. The van der Waals surface area contributed by atoms with Gasteiger partial charge in [-0.2, -0.15) is 5.10 Å². The number of ether oxygens (including phenoxy) is 1. The highest BCUT2D eigenvalue weighted by Crippen LogP contribution is 2.26. The summed E-state index contributed by atoms with van der Waals surface area (Å²) in [4.78, 5) is 17.8. The van der Waals surface area contributed by atoms with Crippen molar-refractivity contribution in [3.05, 3.63) is 46.0 Å². The molecule has 0 aromatic carbocycles. The smallest absolute Gasteiger partial charge is 0.285 e. The topological polar surface area (TPSA) is 71.1 Å². The molecule has 2 aromatic rings. The van der Waals surface area contributed by atoms with Crippen molar-refractivity contribution in [1.82, 2.24) is 15.2 Å². The lowest BCUT2D eigenvalue weighted by molar-refractivity contribution is 0.216. The highest BCUT2D eigenvalue weighted by Gasteiger charge is 2.22. The normalized spacial score (nSPS) is 15.8. The zero-order chi connectivity index (χ0) is 15.4. The Kier molecular flexibility index (Phi) is 4.58. The van der Waals surface area contributed by atoms with Crippen molar-refractivity contribution in [2.75, 3.05) is 24.6 Å². The van der Waals surface area contributed by atoms with Crippen LogP contribution in [0.5, 0.6) is 5.88 Å². The van der Waals surface area contributed by atoms with Gasteiger partial charge in [-0.1, -0.05) is 17.7 Å². The minimum absolute atomic E-state index is 0.207. The molecule has 1 saturated heterocycles. The minimum atomic E-state index is -0.347. The van der Waals surface area contributed by atoms with Crippen LogP contribution in [0.2, 0.25) is 5.02 Å². The van der Waals surface area contributed by atoms with Crippen molar-refractivity contribution in [2.24, 2.45) is 5.92 Å². The Morgan fingerprint density at radius 3 is 2.91 bits per heavy atom. The number of anilines is 1. The van der Waals surface area contributed by atoms with E-state index in [9.17, 15) is 4.79 Å². The van der Waals surface area contributed by atoms with E-state index in [0.29, 0.717) is 24.1 Å². The second kappa shape index (κ2) is 6.79. The maximum Gasteiger partial charge on any atom is 0.285 e. The summed E-state index contributed by atoms with van der Waals surface area (Å²) in [5.41, 5.74) is 0.356. The van der Waals surface area contributed by atoms with E-state index >= 15 is 0 Å². The van der Waals surface area contributed by atoms with Crippen LogP contribution in [0.3, 0.4) is 0 Å². The summed E-state index contributed by atoms with van der Waals surface area (Å²) in [7, 11) is 0. The fourth-order valence-electron chi connectivity index (χ4n) is 2.57. The third-order valence-corrected chi connectivity index (χ3v) is 4.20. The van der Waals surface area contributed by atoms with Crippen LogP contribution in [0, 0.1) is 5.92 Å². The number of halogens is 1. The third kappa shape index (κ3) is 3.39. The zero-order valence-electron chi connectivity index (χ0n) is 12.0. The monoisotopic (exact) mass is 320 g/mol. The van der Waals surface area contributed by atoms with Crippen molar-refractivity contribution in [1.29, 1.82) is 0 Å². The van der Waals surface area contributed by atoms with Crippen LogP contribution in [-0.2, 0) is 0 Å². The van der Waals surface area contributed by atoms with E-state index in [4.69, 9.17) is 16.3 Å². The van der Waals surface area contributed by atoms with Gasteiger partial charge in [-0.05, 0) is 24.8 Å². The number of aromatic nitrogens is 3. The molecule has 3 heterocycles. The molecule has 0 bridgehead atoms. The molecule has 0 unspecified atom stereocenters. The summed E-state index contributed by atoms with van der Waals surface area (Å²) in [5.74, 6) is 1.14. The van der Waals surface area contributed by atoms with Crippen molar-refractivity contribution >= 4 is 17.3 Å². The second-order valence-corrected chi connectivity index (χ2v) is 5.69. The number of aromatic amines is 1. The Morgan fingerprint density at radius 2 is 2.18 bits per heavy atom. The summed E-state index contributed by atoms with van der Waals surface area (Å²) in [6.45, 7) is 2.33. The minimum Gasteiger partial charge on any atom is -0.477 e. The van der Waals surface area contributed by atoms with Gasteiger partial charge < -0.3 is 9.64 Å².